The zero-order valence-electron chi connectivity index (χ0n) is 10.5. The van der Waals surface area contributed by atoms with Gasteiger partial charge < -0.3 is 19.9 Å². The summed E-state index contributed by atoms with van der Waals surface area (Å²) >= 11 is 0. The van der Waals surface area contributed by atoms with Crippen LogP contribution >= 0.6 is 0 Å². The lowest BCUT2D eigenvalue weighted by Crippen LogP contribution is -2.35. The molecule has 1 atom stereocenters. The molecule has 2 N–H and O–H groups in total. The Morgan fingerprint density at radius 3 is 2.47 bits per heavy atom. The molecule has 0 spiro atoms. The number of alkyl halides is 2. The van der Waals surface area contributed by atoms with Gasteiger partial charge in [-0.3, -0.25) is 4.79 Å². The van der Waals surface area contributed by atoms with Crippen LogP contribution in [0.4, 0.5) is 8.78 Å². The number of methoxy groups -OCH3 is 2. The van der Waals surface area contributed by atoms with Crippen molar-refractivity contribution in [2.75, 3.05) is 20.8 Å². The molecule has 0 saturated carbocycles. The standard InChI is InChI=1S/C12H15F2NO4/c1-18-9-4-3-7(5-10(9)19-2)12(17)15-6-8(16)11(13)14/h3-5,8,11,16H,6H2,1-2H3,(H,15,17). The zero-order valence-corrected chi connectivity index (χ0v) is 10.5. The van der Waals surface area contributed by atoms with E-state index in [1.54, 1.807) is 0 Å². The molecule has 0 aliphatic rings. The summed E-state index contributed by atoms with van der Waals surface area (Å²) in [6.45, 7) is -0.523. The second-order valence-electron chi connectivity index (χ2n) is 3.68. The molecule has 1 rings (SSSR count). The molecule has 5 nitrogen and oxygen atoms in total. The van der Waals surface area contributed by atoms with Gasteiger partial charge in [0, 0.05) is 12.1 Å². The second-order valence-corrected chi connectivity index (χ2v) is 3.68. The molecule has 0 heterocycles. The van der Waals surface area contributed by atoms with E-state index < -0.39 is 25.0 Å². The number of carbonyl (C=O) groups is 1. The van der Waals surface area contributed by atoms with Gasteiger partial charge in [-0.25, -0.2) is 8.78 Å². The number of halogens is 2. The third kappa shape index (κ3) is 4.06. The van der Waals surface area contributed by atoms with Gasteiger partial charge in [-0.1, -0.05) is 0 Å². The molecule has 0 radical (unpaired) electrons. The average molecular weight is 275 g/mol. The normalized spacial score (nSPS) is 12.1. The van der Waals surface area contributed by atoms with Gasteiger partial charge in [-0.15, -0.1) is 0 Å². The number of ether oxygens (including phenoxy) is 2. The van der Waals surface area contributed by atoms with Crippen LogP contribution < -0.4 is 14.8 Å². The lowest BCUT2D eigenvalue weighted by atomic mass is 10.2. The Kier molecular flexibility index (Phi) is 5.50. The largest absolute Gasteiger partial charge is 0.493 e. The third-order valence-corrected chi connectivity index (χ3v) is 2.41. The van der Waals surface area contributed by atoms with Crippen molar-refractivity contribution in [2.24, 2.45) is 0 Å². The van der Waals surface area contributed by atoms with E-state index in [9.17, 15) is 13.6 Å². The first kappa shape index (κ1) is 15.2. The van der Waals surface area contributed by atoms with E-state index in [1.807, 2.05) is 0 Å². The van der Waals surface area contributed by atoms with Gasteiger partial charge in [0.2, 0.25) is 0 Å². The number of carbonyl (C=O) groups excluding carboxylic acids is 1. The van der Waals surface area contributed by atoms with Crippen molar-refractivity contribution in [3.05, 3.63) is 23.8 Å². The maximum absolute atomic E-state index is 12.1. The maximum atomic E-state index is 12.1. The number of aliphatic hydroxyl groups excluding tert-OH is 1. The molecular weight excluding hydrogens is 260 g/mol. The molecule has 0 aliphatic heterocycles. The Hall–Kier alpha value is -1.89. The van der Waals surface area contributed by atoms with Crippen molar-refractivity contribution in [2.45, 2.75) is 12.5 Å². The van der Waals surface area contributed by atoms with Gasteiger partial charge in [-0.05, 0) is 18.2 Å². The lowest BCUT2D eigenvalue weighted by molar-refractivity contribution is -0.00270. The highest BCUT2D eigenvalue weighted by atomic mass is 19.3. The van der Waals surface area contributed by atoms with E-state index in [1.165, 1.54) is 32.4 Å². The number of hydrogen-bond acceptors (Lipinski definition) is 4. The molecule has 0 aromatic heterocycles. The summed E-state index contributed by atoms with van der Waals surface area (Å²) in [5.41, 5.74) is 0.221. The highest BCUT2D eigenvalue weighted by molar-refractivity contribution is 5.94. The molecule has 106 valence electrons. The topological polar surface area (TPSA) is 67.8 Å². The van der Waals surface area contributed by atoms with Crippen LogP contribution in [0.3, 0.4) is 0 Å². The minimum atomic E-state index is -2.90. The summed E-state index contributed by atoms with van der Waals surface area (Å²) < 4.78 is 34.1. The molecule has 19 heavy (non-hydrogen) atoms. The molecule has 7 heteroatoms. The fourth-order valence-electron chi connectivity index (χ4n) is 1.37. The highest BCUT2D eigenvalue weighted by Gasteiger charge is 2.18. The van der Waals surface area contributed by atoms with E-state index in [0.717, 1.165) is 0 Å². The predicted molar refractivity (Wildman–Crippen MR) is 63.9 cm³/mol. The third-order valence-electron chi connectivity index (χ3n) is 2.41. The number of benzene rings is 1. The summed E-state index contributed by atoms with van der Waals surface area (Å²) in [5.74, 6) is 0.219. The Balaban J connectivity index is 2.72. The van der Waals surface area contributed by atoms with Crippen LogP contribution in [0.2, 0.25) is 0 Å². The van der Waals surface area contributed by atoms with Crippen LogP contribution in [0.1, 0.15) is 10.4 Å². The quantitative estimate of drug-likeness (QED) is 0.814. The van der Waals surface area contributed by atoms with Crippen LogP contribution in [0.25, 0.3) is 0 Å². The van der Waals surface area contributed by atoms with Crippen molar-refractivity contribution in [3.8, 4) is 11.5 Å². The van der Waals surface area contributed by atoms with Crippen molar-refractivity contribution in [1.82, 2.24) is 5.32 Å². The Labute approximate surface area is 109 Å². The SMILES string of the molecule is COc1ccc(C(=O)NCC(O)C(F)F)cc1OC. The minimum Gasteiger partial charge on any atom is -0.493 e. The lowest BCUT2D eigenvalue weighted by Gasteiger charge is -2.12. The van der Waals surface area contributed by atoms with Gasteiger partial charge in [0.1, 0.15) is 6.10 Å². The monoisotopic (exact) mass is 275 g/mol. The molecule has 0 bridgehead atoms. The first-order valence-corrected chi connectivity index (χ1v) is 5.46. The van der Waals surface area contributed by atoms with Gasteiger partial charge in [0.15, 0.2) is 11.5 Å². The van der Waals surface area contributed by atoms with E-state index >= 15 is 0 Å². The Morgan fingerprint density at radius 2 is 1.95 bits per heavy atom. The molecule has 0 aliphatic carbocycles. The Bertz CT molecular complexity index is 440. The summed E-state index contributed by atoms with van der Waals surface area (Å²) in [6, 6.07) is 4.41. The molecule has 0 saturated heterocycles. The van der Waals surface area contributed by atoms with Crippen molar-refractivity contribution in [3.63, 3.8) is 0 Å². The van der Waals surface area contributed by atoms with Crippen LogP contribution in [0, 0.1) is 0 Å². The van der Waals surface area contributed by atoms with Crippen molar-refractivity contribution in [1.29, 1.82) is 0 Å². The maximum Gasteiger partial charge on any atom is 0.265 e. The predicted octanol–water partition coefficient (Wildman–Crippen LogP) is 1.06. The van der Waals surface area contributed by atoms with E-state index in [-0.39, 0.29) is 5.56 Å². The van der Waals surface area contributed by atoms with Crippen molar-refractivity contribution < 1.29 is 28.2 Å². The molecule has 1 aromatic carbocycles. The van der Waals surface area contributed by atoms with E-state index in [4.69, 9.17) is 14.6 Å². The smallest absolute Gasteiger partial charge is 0.265 e. The number of aliphatic hydroxyl groups is 1. The van der Waals surface area contributed by atoms with Crippen LogP contribution in [0.15, 0.2) is 18.2 Å². The van der Waals surface area contributed by atoms with E-state index in [2.05, 4.69) is 5.32 Å². The van der Waals surface area contributed by atoms with Gasteiger partial charge >= 0.3 is 0 Å². The van der Waals surface area contributed by atoms with E-state index in [0.29, 0.717) is 11.5 Å². The van der Waals surface area contributed by atoms with Crippen LogP contribution in [-0.2, 0) is 0 Å². The Morgan fingerprint density at radius 1 is 1.32 bits per heavy atom. The van der Waals surface area contributed by atoms with Gasteiger partial charge in [-0.2, -0.15) is 0 Å². The molecule has 1 unspecified atom stereocenters. The molecule has 0 fully saturated rings. The van der Waals surface area contributed by atoms with Crippen molar-refractivity contribution >= 4 is 5.91 Å². The molecule has 1 amide bonds. The minimum absolute atomic E-state index is 0.221. The number of hydrogen-bond donors (Lipinski definition) is 2. The molecular formula is C12H15F2NO4. The number of amides is 1. The fraction of sp³-hybridized carbons (Fsp3) is 0.417. The zero-order chi connectivity index (χ0) is 14.4. The number of nitrogens with one attached hydrogen (secondary N) is 1. The van der Waals surface area contributed by atoms with Crippen LogP contribution in [0.5, 0.6) is 11.5 Å². The average Bonchev–Trinajstić information content (AvgIpc) is 2.43. The second kappa shape index (κ2) is 6.89. The fourth-order valence-corrected chi connectivity index (χ4v) is 1.37. The number of rotatable bonds is 6. The first-order valence-electron chi connectivity index (χ1n) is 5.46. The summed E-state index contributed by atoms with van der Waals surface area (Å²) in [6.07, 6.45) is -4.78. The van der Waals surface area contributed by atoms with Gasteiger partial charge in [0.05, 0.1) is 14.2 Å². The summed E-state index contributed by atoms with van der Waals surface area (Å²) in [7, 11) is 2.87. The summed E-state index contributed by atoms with van der Waals surface area (Å²) in [4.78, 5) is 11.7. The van der Waals surface area contributed by atoms with Crippen LogP contribution in [-0.4, -0.2) is 44.3 Å². The molecule has 1 aromatic rings. The van der Waals surface area contributed by atoms with Gasteiger partial charge in [0.25, 0.3) is 12.3 Å². The first-order chi connectivity index (χ1) is 8.99. The highest BCUT2D eigenvalue weighted by Crippen LogP contribution is 2.27. The summed E-state index contributed by atoms with van der Waals surface area (Å²) in [5, 5.41) is 11.1.